The summed E-state index contributed by atoms with van der Waals surface area (Å²) < 4.78 is 0. The predicted octanol–water partition coefficient (Wildman–Crippen LogP) is 10.7. The summed E-state index contributed by atoms with van der Waals surface area (Å²) >= 11 is 0. The van der Waals surface area contributed by atoms with E-state index in [4.69, 9.17) is 10.3 Å². The van der Waals surface area contributed by atoms with Gasteiger partial charge in [0, 0.05) is 5.71 Å². The molecule has 0 radical (unpaired) electrons. The maximum atomic E-state index is 5.08. The molecule has 2 aromatic carbocycles. The molecule has 0 aliphatic rings. The second-order valence-corrected chi connectivity index (χ2v) is 9.84. The van der Waals surface area contributed by atoms with Gasteiger partial charge in [-0.05, 0) is 41.7 Å². The molecule has 0 aliphatic heterocycles. The molecule has 0 amide bonds. The molecule has 2 rings (SSSR count). The molecule has 0 saturated heterocycles. The van der Waals surface area contributed by atoms with E-state index in [1.165, 1.54) is 22.3 Å². The van der Waals surface area contributed by atoms with Gasteiger partial charge in [-0.1, -0.05) is 116 Å². The van der Waals surface area contributed by atoms with Gasteiger partial charge in [-0.25, -0.2) is 0 Å². The van der Waals surface area contributed by atoms with Crippen molar-refractivity contribution in [2.24, 2.45) is 4.99 Å². The second kappa shape index (κ2) is 15.2. The Hall–Kier alpha value is -1.83. The number of aliphatic imine (C=N–C) groups is 1. The zero-order chi connectivity index (χ0) is 25.3. The quantitative estimate of drug-likeness (QED) is 0.195. The zero-order valence-corrected chi connectivity index (χ0v) is 24.4. The molecule has 0 saturated carbocycles. The molecule has 2 nitrogen and oxygen atoms in total. The molecular formula is C31H46FeN2. The Morgan fingerprint density at radius 1 is 0.706 bits per heavy atom. The van der Waals surface area contributed by atoms with Crippen LogP contribution in [0.5, 0.6) is 0 Å². The standard InChI is InChI=1S/C29H41N2.C2H5.Fe/c1-18(2)24-13-11-14-25(19(3)4)28(24)30-22(9)17-23(10)31-29-26(20(5)6)15-12-16-27(29)21(7)8;1-2;/h11-21H,1-10H3;1H2,2H3;/q2*-1;+2/b22-17-,31-23?;;. The van der Waals surface area contributed by atoms with Gasteiger partial charge in [0.1, 0.15) is 0 Å². The van der Waals surface area contributed by atoms with Crippen LogP contribution in [0.3, 0.4) is 0 Å². The van der Waals surface area contributed by atoms with Gasteiger partial charge in [0.05, 0.1) is 5.69 Å². The fourth-order valence-electron chi connectivity index (χ4n) is 4.00. The van der Waals surface area contributed by atoms with Crippen molar-refractivity contribution in [1.29, 1.82) is 0 Å². The zero-order valence-electron chi connectivity index (χ0n) is 23.3. The van der Waals surface area contributed by atoms with Gasteiger partial charge in [0.25, 0.3) is 0 Å². The van der Waals surface area contributed by atoms with E-state index in [0.29, 0.717) is 23.7 Å². The van der Waals surface area contributed by atoms with Gasteiger partial charge >= 0.3 is 17.1 Å². The van der Waals surface area contributed by atoms with Gasteiger partial charge in [0.15, 0.2) is 0 Å². The molecule has 34 heavy (non-hydrogen) atoms. The molecule has 0 heterocycles. The molecule has 0 unspecified atom stereocenters. The largest absolute Gasteiger partial charge is 2.00 e. The van der Waals surface area contributed by atoms with E-state index in [1.807, 2.05) is 0 Å². The summed E-state index contributed by atoms with van der Waals surface area (Å²) in [5.74, 6) is 1.75. The van der Waals surface area contributed by atoms with Crippen molar-refractivity contribution in [3.05, 3.63) is 82.7 Å². The molecule has 3 heteroatoms. The Balaban J connectivity index is 0.00000353. The van der Waals surface area contributed by atoms with Crippen molar-refractivity contribution in [3.63, 3.8) is 0 Å². The Labute approximate surface area is 221 Å². The summed E-state index contributed by atoms with van der Waals surface area (Å²) in [7, 11) is 0. The van der Waals surface area contributed by atoms with Crippen LogP contribution < -0.4 is 0 Å². The number of rotatable bonds is 8. The molecule has 0 atom stereocenters. The first kappa shape index (κ1) is 32.2. The summed E-state index contributed by atoms with van der Waals surface area (Å²) in [5.41, 5.74) is 9.45. The van der Waals surface area contributed by atoms with Crippen LogP contribution >= 0.6 is 0 Å². The van der Waals surface area contributed by atoms with Crippen molar-refractivity contribution in [3.8, 4) is 0 Å². The molecular weight excluding hydrogens is 456 g/mol. The average Bonchev–Trinajstić information content (AvgIpc) is 2.74. The van der Waals surface area contributed by atoms with Gasteiger partial charge in [-0.3, -0.25) is 4.99 Å². The fourth-order valence-corrected chi connectivity index (χ4v) is 4.00. The van der Waals surface area contributed by atoms with Crippen LogP contribution in [0, 0.1) is 6.92 Å². The van der Waals surface area contributed by atoms with Crippen molar-refractivity contribution in [2.45, 2.75) is 99.8 Å². The minimum absolute atomic E-state index is 0. The predicted molar refractivity (Wildman–Crippen MR) is 150 cm³/mol. The van der Waals surface area contributed by atoms with E-state index in [0.717, 1.165) is 22.8 Å². The Bertz CT molecular complexity index is 897. The Morgan fingerprint density at radius 2 is 1.06 bits per heavy atom. The number of nitrogens with zero attached hydrogens (tertiary/aromatic N) is 2. The van der Waals surface area contributed by atoms with Crippen molar-refractivity contribution >= 4 is 17.1 Å². The van der Waals surface area contributed by atoms with E-state index in [9.17, 15) is 0 Å². The SMILES string of the molecule is CC(/C=C(/C)[N-]c1c(C(C)C)cccc1C(C)C)=Nc1c(C(C)C)cccc1C(C)C.[CH2-]C.[Fe+2]. The number of hydrogen-bond donors (Lipinski definition) is 0. The van der Waals surface area contributed by atoms with E-state index in [2.05, 4.69) is 119 Å². The molecule has 0 aliphatic carbocycles. The van der Waals surface area contributed by atoms with Crippen LogP contribution in [-0.2, 0) is 17.1 Å². The summed E-state index contributed by atoms with van der Waals surface area (Å²) in [6.45, 7) is 27.1. The molecule has 0 fully saturated rings. The van der Waals surface area contributed by atoms with Gasteiger partial charge < -0.3 is 12.2 Å². The first-order chi connectivity index (χ1) is 15.5. The third kappa shape index (κ3) is 8.75. The van der Waals surface area contributed by atoms with E-state index in [-0.39, 0.29) is 17.1 Å². The van der Waals surface area contributed by atoms with Crippen LogP contribution in [0.1, 0.15) is 122 Å². The van der Waals surface area contributed by atoms with Gasteiger partial charge in [-0.2, -0.15) is 12.6 Å². The summed E-state index contributed by atoms with van der Waals surface area (Å²) in [6.07, 6.45) is 2.11. The van der Waals surface area contributed by atoms with E-state index < -0.39 is 0 Å². The fraction of sp³-hybridized carbons (Fsp3) is 0.484. The van der Waals surface area contributed by atoms with E-state index in [1.54, 1.807) is 6.92 Å². The first-order valence-electron chi connectivity index (χ1n) is 12.4. The first-order valence-corrected chi connectivity index (χ1v) is 12.4. The maximum absolute atomic E-state index is 5.08. The van der Waals surface area contributed by atoms with Crippen molar-refractivity contribution in [1.82, 2.24) is 0 Å². The van der Waals surface area contributed by atoms with Crippen LogP contribution in [0.4, 0.5) is 11.4 Å². The van der Waals surface area contributed by atoms with Crippen LogP contribution in [0.15, 0.2) is 53.2 Å². The van der Waals surface area contributed by atoms with Crippen LogP contribution in [0.25, 0.3) is 5.32 Å². The van der Waals surface area contributed by atoms with Crippen molar-refractivity contribution in [2.75, 3.05) is 0 Å². The molecule has 0 N–H and O–H groups in total. The summed E-state index contributed by atoms with van der Waals surface area (Å²) in [4.78, 5) is 5.08. The summed E-state index contributed by atoms with van der Waals surface area (Å²) in [6, 6.07) is 13.1. The molecule has 0 bridgehead atoms. The number of hydrogen-bond acceptors (Lipinski definition) is 1. The normalized spacial score (nSPS) is 12.1. The smallest absolute Gasteiger partial charge is 0.661 e. The Morgan fingerprint density at radius 3 is 1.41 bits per heavy atom. The summed E-state index contributed by atoms with van der Waals surface area (Å²) in [5, 5.41) is 5.08. The topological polar surface area (TPSA) is 26.5 Å². The monoisotopic (exact) mass is 502 g/mol. The van der Waals surface area contributed by atoms with Crippen molar-refractivity contribution < 1.29 is 17.1 Å². The van der Waals surface area contributed by atoms with Gasteiger partial charge in [-0.15, -0.1) is 5.69 Å². The number of para-hydroxylation sites is 2. The molecule has 2 aromatic rings. The maximum Gasteiger partial charge on any atom is 2.00 e. The third-order valence-electron chi connectivity index (χ3n) is 5.68. The number of benzene rings is 2. The molecule has 188 valence electrons. The number of allylic oxidation sites excluding steroid dienone is 2. The second-order valence-electron chi connectivity index (χ2n) is 9.84. The average molecular weight is 503 g/mol. The molecule has 0 aromatic heterocycles. The Kier molecular flexibility index (Phi) is 14.4. The minimum Gasteiger partial charge on any atom is -0.661 e. The van der Waals surface area contributed by atoms with Crippen LogP contribution in [-0.4, -0.2) is 5.71 Å². The third-order valence-corrected chi connectivity index (χ3v) is 5.68. The van der Waals surface area contributed by atoms with Gasteiger partial charge in [0.2, 0.25) is 0 Å². The van der Waals surface area contributed by atoms with Crippen LogP contribution in [0.2, 0.25) is 0 Å². The van der Waals surface area contributed by atoms with E-state index >= 15 is 0 Å². The minimum atomic E-state index is 0. The molecule has 0 spiro atoms.